The van der Waals surface area contributed by atoms with Gasteiger partial charge >= 0.3 is 5.97 Å². The molecule has 5 heteroatoms. The number of aldehydes is 1. The molecule has 0 amide bonds. The van der Waals surface area contributed by atoms with Crippen molar-refractivity contribution in [2.75, 3.05) is 0 Å². The van der Waals surface area contributed by atoms with Gasteiger partial charge in [-0.2, -0.15) is 0 Å². The van der Waals surface area contributed by atoms with Crippen LogP contribution in [0.15, 0.2) is 11.1 Å². The molecule has 1 aliphatic heterocycles. The normalized spacial score (nSPS) is 35.8. The van der Waals surface area contributed by atoms with Crippen LogP contribution >= 0.6 is 0 Å². The maximum Gasteiger partial charge on any atom is 0.302 e. The summed E-state index contributed by atoms with van der Waals surface area (Å²) >= 11 is 0. The van der Waals surface area contributed by atoms with Crippen LogP contribution in [0.5, 0.6) is 0 Å². The molecule has 1 N–H and O–H groups in total. The number of aliphatic hydroxyl groups is 1. The highest BCUT2D eigenvalue weighted by Crippen LogP contribution is 2.50. The third kappa shape index (κ3) is 2.84. The van der Waals surface area contributed by atoms with Crippen molar-refractivity contribution in [1.29, 1.82) is 0 Å². The smallest absolute Gasteiger partial charge is 0.302 e. The van der Waals surface area contributed by atoms with Crippen LogP contribution in [0.25, 0.3) is 0 Å². The van der Waals surface area contributed by atoms with Crippen molar-refractivity contribution in [2.45, 2.75) is 77.8 Å². The van der Waals surface area contributed by atoms with Gasteiger partial charge in [-0.05, 0) is 40.5 Å². The summed E-state index contributed by atoms with van der Waals surface area (Å²) in [6.45, 7) is 8.62. The van der Waals surface area contributed by atoms with E-state index in [0.29, 0.717) is 12.0 Å². The number of ether oxygens (including phenoxy) is 2. The molecule has 2 rings (SSSR count). The van der Waals surface area contributed by atoms with Crippen LogP contribution in [0.3, 0.4) is 0 Å². The molecule has 0 saturated carbocycles. The number of allylic oxidation sites excluding steroid dienone is 1. The minimum atomic E-state index is -1.03. The molecule has 0 spiro atoms. The number of hydrogen-bond donors (Lipinski definition) is 1. The van der Waals surface area contributed by atoms with Gasteiger partial charge in [-0.25, -0.2) is 0 Å². The summed E-state index contributed by atoms with van der Waals surface area (Å²) in [4.78, 5) is 23.2. The van der Waals surface area contributed by atoms with E-state index >= 15 is 0 Å². The van der Waals surface area contributed by atoms with Crippen molar-refractivity contribution in [3.8, 4) is 0 Å². The molecule has 124 valence electrons. The zero-order chi connectivity index (χ0) is 16.7. The average molecular weight is 310 g/mol. The van der Waals surface area contributed by atoms with E-state index in [9.17, 15) is 14.7 Å². The molecule has 1 heterocycles. The first-order valence-electron chi connectivity index (χ1n) is 7.81. The Bertz CT molecular complexity index is 502. The zero-order valence-corrected chi connectivity index (χ0v) is 14.0. The second kappa shape index (κ2) is 5.78. The SMILES string of the molecule is CC(=O)OC1CC(C(C)(C)O)OC2CCC(C)=C(C=O)C12C. The van der Waals surface area contributed by atoms with Gasteiger partial charge in [0.25, 0.3) is 0 Å². The van der Waals surface area contributed by atoms with E-state index in [-0.39, 0.29) is 12.1 Å². The van der Waals surface area contributed by atoms with Crippen LogP contribution in [0.4, 0.5) is 0 Å². The summed E-state index contributed by atoms with van der Waals surface area (Å²) in [5.41, 5.74) is 0.00909. The lowest BCUT2D eigenvalue weighted by Gasteiger charge is -2.53. The van der Waals surface area contributed by atoms with E-state index in [1.54, 1.807) is 13.8 Å². The van der Waals surface area contributed by atoms with Gasteiger partial charge in [0, 0.05) is 18.9 Å². The van der Waals surface area contributed by atoms with Crippen molar-refractivity contribution >= 4 is 12.3 Å². The fourth-order valence-electron chi connectivity index (χ4n) is 3.75. The number of carbonyl (C=O) groups excluding carboxylic acids is 2. The van der Waals surface area contributed by atoms with E-state index in [1.165, 1.54) is 6.92 Å². The molecule has 2 aliphatic rings. The van der Waals surface area contributed by atoms with E-state index in [0.717, 1.165) is 24.7 Å². The summed E-state index contributed by atoms with van der Waals surface area (Å²) in [6, 6.07) is 0. The lowest BCUT2D eigenvalue weighted by Crippen LogP contribution is -2.59. The molecule has 0 bridgehead atoms. The second-order valence-corrected chi connectivity index (χ2v) is 7.23. The van der Waals surface area contributed by atoms with Crippen molar-refractivity contribution in [3.05, 3.63) is 11.1 Å². The quantitative estimate of drug-likeness (QED) is 0.639. The number of rotatable bonds is 3. The predicted octanol–water partition coefficient (Wildman–Crippen LogP) is 2.16. The van der Waals surface area contributed by atoms with Crippen LogP contribution in [0.1, 0.15) is 53.9 Å². The van der Waals surface area contributed by atoms with Crippen LogP contribution in [0.2, 0.25) is 0 Å². The highest BCUT2D eigenvalue weighted by atomic mass is 16.6. The Balaban J connectivity index is 2.45. The van der Waals surface area contributed by atoms with Gasteiger partial charge in [0.15, 0.2) is 0 Å². The largest absolute Gasteiger partial charge is 0.461 e. The standard InChI is InChI=1S/C17H26O5/c1-10-6-7-13-17(5,12(10)9-18)15(21-11(2)19)8-14(22-13)16(3,4)20/h9,13-15,20H,6-8H2,1-5H3. The first-order valence-corrected chi connectivity index (χ1v) is 7.81. The average Bonchev–Trinajstić information content (AvgIpc) is 2.38. The molecule has 0 radical (unpaired) electrons. The molecule has 5 nitrogen and oxygen atoms in total. The first kappa shape index (κ1) is 17.2. The monoisotopic (exact) mass is 310 g/mol. The minimum Gasteiger partial charge on any atom is -0.461 e. The second-order valence-electron chi connectivity index (χ2n) is 7.23. The maximum atomic E-state index is 11.6. The lowest BCUT2D eigenvalue weighted by atomic mass is 9.63. The van der Waals surface area contributed by atoms with Gasteiger partial charge in [-0.1, -0.05) is 5.57 Å². The Morgan fingerprint density at radius 3 is 2.64 bits per heavy atom. The highest BCUT2D eigenvalue weighted by molar-refractivity contribution is 5.78. The summed E-state index contributed by atoms with van der Waals surface area (Å²) in [6.07, 6.45) is 1.62. The molecule has 0 aromatic heterocycles. The number of esters is 1. The third-order valence-electron chi connectivity index (χ3n) is 5.13. The number of carbonyl (C=O) groups is 2. The Morgan fingerprint density at radius 2 is 2.14 bits per heavy atom. The summed E-state index contributed by atoms with van der Waals surface area (Å²) < 4.78 is 11.7. The third-order valence-corrected chi connectivity index (χ3v) is 5.13. The first-order chi connectivity index (χ1) is 10.1. The number of fused-ring (bicyclic) bond motifs is 1. The fraction of sp³-hybridized carbons (Fsp3) is 0.765. The van der Waals surface area contributed by atoms with Crippen molar-refractivity contribution in [1.82, 2.24) is 0 Å². The molecular weight excluding hydrogens is 284 g/mol. The number of hydrogen-bond acceptors (Lipinski definition) is 5. The Hall–Kier alpha value is -1.20. The zero-order valence-electron chi connectivity index (χ0n) is 14.0. The maximum absolute atomic E-state index is 11.6. The van der Waals surface area contributed by atoms with Crippen LogP contribution < -0.4 is 0 Å². The van der Waals surface area contributed by atoms with Crippen molar-refractivity contribution in [3.63, 3.8) is 0 Å². The van der Waals surface area contributed by atoms with Crippen molar-refractivity contribution in [2.24, 2.45) is 5.41 Å². The van der Waals surface area contributed by atoms with E-state index < -0.39 is 23.2 Å². The van der Waals surface area contributed by atoms with E-state index in [4.69, 9.17) is 9.47 Å². The fourth-order valence-corrected chi connectivity index (χ4v) is 3.75. The Morgan fingerprint density at radius 1 is 1.50 bits per heavy atom. The molecular formula is C17H26O5. The molecule has 0 aromatic rings. The van der Waals surface area contributed by atoms with Gasteiger partial charge in [-0.15, -0.1) is 0 Å². The summed E-state index contributed by atoms with van der Waals surface area (Å²) in [7, 11) is 0. The van der Waals surface area contributed by atoms with Crippen LogP contribution in [0, 0.1) is 5.41 Å². The van der Waals surface area contributed by atoms with E-state index in [2.05, 4.69) is 0 Å². The molecule has 1 fully saturated rings. The topological polar surface area (TPSA) is 72.8 Å². The lowest BCUT2D eigenvalue weighted by molar-refractivity contribution is -0.224. The van der Waals surface area contributed by atoms with Gasteiger partial charge in [0.05, 0.1) is 23.2 Å². The molecule has 1 aliphatic carbocycles. The van der Waals surface area contributed by atoms with Gasteiger partial charge in [0.2, 0.25) is 0 Å². The summed E-state index contributed by atoms with van der Waals surface area (Å²) in [5.74, 6) is -0.380. The molecule has 22 heavy (non-hydrogen) atoms. The van der Waals surface area contributed by atoms with Gasteiger partial charge < -0.3 is 14.6 Å². The van der Waals surface area contributed by atoms with Crippen molar-refractivity contribution < 1.29 is 24.2 Å². The van der Waals surface area contributed by atoms with Crippen LogP contribution in [-0.2, 0) is 19.1 Å². The van der Waals surface area contributed by atoms with E-state index in [1.807, 2.05) is 13.8 Å². The molecule has 1 saturated heterocycles. The van der Waals surface area contributed by atoms with Gasteiger partial charge in [0.1, 0.15) is 12.4 Å². The summed E-state index contributed by atoms with van der Waals surface area (Å²) in [5, 5.41) is 10.3. The molecule has 4 unspecified atom stereocenters. The van der Waals surface area contributed by atoms with Crippen LogP contribution in [-0.4, -0.2) is 41.3 Å². The van der Waals surface area contributed by atoms with Gasteiger partial charge in [-0.3, -0.25) is 9.59 Å². The highest BCUT2D eigenvalue weighted by Gasteiger charge is 2.55. The Kier molecular flexibility index (Phi) is 4.51. The molecule has 4 atom stereocenters. The predicted molar refractivity (Wildman–Crippen MR) is 81.2 cm³/mol. The minimum absolute atomic E-state index is 0.245. The Labute approximate surface area is 131 Å². The molecule has 0 aromatic carbocycles.